The summed E-state index contributed by atoms with van der Waals surface area (Å²) in [6, 6.07) is 2.89. The third-order valence-electron chi connectivity index (χ3n) is 6.54. The van der Waals surface area contributed by atoms with Crippen molar-refractivity contribution in [3.8, 4) is 0 Å². The molecular formula is C24H31N6OP. The van der Waals surface area contributed by atoms with Crippen LogP contribution in [-0.2, 0) is 4.79 Å². The summed E-state index contributed by atoms with van der Waals surface area (Å²) in [6.07, 6.45) is 14.0. The average Bonchev–Trinajstić information content (AvgIpc) is 3.54. The molecule has 1 saturated heterocycles. The Hall–Kier alpha value is -2.50. The molecule has 7 nitrogen and oxygen atoms in total. The van der Waals surface area contributed by atoms with Gasteiger partial charge in [0.15, 0.2) is 0 Å². The summed E-state index contributed by atoms with van der Waals surface area (Å²) in [6.45, 7) is 8.48. The Morgan fingerprint density at radius 1 is 1.19 bits per heavy atom. The molecule has 2 atom stereocenters. The summed E-state index contributed by atoms with van der Waals surface area (Å²) < 4.78 is 1.87. The van der Waals surface area contributed by atoms with E-state index in [4.69, 9.17) is 5.10 Å². The van der Waals surface area contributed by atoms with Crippen LogP contribution >= 0.6 is 8.58 Å². The van der Waals surface area contributed by atoms with Gasteiger partial charge in [0.25, 0.3) is 0 Å². The lowest BCUT2D eigenvalue weighted by molar-refractivity contribution is -0.104. The molecular weight excluding hydrogens is 419 g/mol. The van der Waals surface area contributed by atoms with Gasteiger partial charge in [-0.2, -0.15) is 5.10 Å². The van der Waals surface area contributed by atoms with Crippen LogP contribution in [0.1, 0.15) is 29.9 Å². The molecule has 2 aromatic heterocycles. The summed E-state index contributed by atoms with van der Waals surface area (Å²) in [4.78, 5) is 23.4. The highest BCUT2D eigenvalue weighted by molar-refractivity contribution is 7.51. The van der Waals surface area contributed by atoms with Crippen molar-refractivity contribution in [3.05, 3.63) is 59.5 Å². The molecule has 8 heteroatoms. The fourth-order valence-corrected chi connectivity index (χ4v) is 5.86. The molecule has 3 aliphatic rings. The topological polar surface area (TPSA) is 57.0 Å². The van der Waals surface area contributed by atoms with Crippen molar-refractivity contribution in [1.82, 2.24) is 29.3 Å². The highest BCUT2D eigenvalue weighted by Gasteiger charge is 2.31. The minimum Gasteiger partial charge on any atom is -0.368 e. The van der Waals surface area contributed by atoms with E-state index in [2.05, 4.69) is 45.1 Å². The van der Waals surface area contributed by atoms with Gasteiger partial charge in [-0.1, -0.05) is 14.7 Å². The quantitative estimate of drug-likeness (QED) is 0.383. The van der Waals surface area contributed by atoms with Crippen molar-refractivity contribution in [2.45, 2.75) is 38.5 Å². The van der Waals surface area contributed by atoms with Crippen LogP contribution in [0.25, 0.3) is 10.8 Å². The van der Waals surface area contributed by atoms with E-state index in [0.29, 0.717) is 8.58 Å². The van der Waals surface area contributed by atoms with Crippen LogP contribution in [-0.4, -0.2) is 80.6 Å². The number of carbonyl (C=O) groups excluding carboxylic acids is 1. The van der Waals surface area contributed by atoms with Gasteiger partial charge in [0.05, 0.1) is 40.3 Å². The first-order valence-electron chi connectivity index (χ1n) is 11.4. The van der Waals surface area contributed by atoms with Gasteiger partial charge in [0, 0.05) is 50.8 Å². The molecule has 0 bridgehead atoms. The summed E-state index contributed by atoms with van der Waals surface area (Å²) >= 11 is 0. The molecule has 4 heterocycles. The highest BCUT2D eigenvalue weighted by atomic mass is 31.1. The number of aryl methyl sites for hydroxylation is 2. The lowest BCUT2D eigenvalue weighted by Crippen LogP contribution is -2.47. The van der Waals surface area contributed by atoms with E-state index >= 15 is 0 Å². The van der Waals surface area contributed by atoms with Crippen molar-refractivity contribution >= 4 is 25.7 Å². The smallest absolute Gasteiger partial charge is 0.143 e. The number of carbonyl (C=O) groups is 1. The first kappa shape index (κ1) is 21.4. The van der Waals surface area contributed by atoms with Gasteiger partial charge in [0.2, 0.25) is 0 Å². The number of aromatic nitrogens is 3. The van der Waals surface area contributed by atoms with Gasteiger partial charge in [-0.25, -0.2) is 4.52 Å². The predicted octanol–water partition coefficient (Wildman–Crippen LogP) is 3.01. The van der Waals surface area contributed by atoms with Gasteiger partial charge in [0.1, 0.15) is 6.29 Å². The summed E-state index contributed by atoms with van der Waals surface area (Å²) in [5.74, 6) is 0.212. The average molecular weight is 451 g/mol. The van der Waals surface area contributed by atoms with Crippen molar-refractivity contribution in [1.29, 1.82) is 0 Å². The molecule has 0 N–H and O–H groups in total. The lowest BCUT2D eigenvalue weighted by atomic mass is 10.2. The minimum absolute atomic E-state index is 0.212. The van der Waals surface area contributed by atoms with Gasteiger partial charge < -0.3 is 9.80 Å². The van der Waals surface area contributed by atoms with Gasteiger partial charge in [-0.05, 0) is 44.9 Å². The monoisotopic (exact) mass is 450 g/mol. The molecule has 0 amide bonds. The number of hydrogen-bond acceptors (Lipinski definition) is 6. The Labute approximate surface area is 191 Å². The van der Waals surface area contributed by atoms with E-state index in [-0.39, 0.29) is 5.78 Å². The van der Waals surface area contributed by atoms with Gasteiger partial charge in [-0.15, -0.1) is 0 Å². The second kappa shape index (κ2) is 8.80. The Morgan fingerprint density at radius 2 is 1.97 bits per heavy atom. The van der Waals surface area contributed by atoms with Crippen LogP contribution < -0.4 is 0 Å². The number of rotatable bonds is 6. The normalized spacial score (nSPS) is 22.9. The van der Waals surface area contributed by atoms with Crippen LogP contribution in [0.4, 0.5) is 0 Å². The molecule has 168 valence electrons. The number of fused-ring (bicyclic) bond motifs is 1. The van der Waals surface area contributed by atoms with Crippen LogP contribution in [0.5, 0.6) is 0 Å². The van der Waals surface area contributed by atoms with Crippen LogP contribution in [0.2, 0.25) is 0 Å². The maximum absolute atomic E-state index is 11.4. The fourth-order valence-electron chi connectivity index (χ4n) is 4.64. The van der Waals surface area contributed by atoms with Gasteiger partial charge >= 0.3 is 0 Å². The zero-order valence-electron chi connectivity index (χ0n) is 19.0. The van der Waals surface area contributed by atoms with E-state index in [1.54, 1.807) is 6.08 Å². The van der Waals surface area contributed by atoms with E-state index in [9.17, 15) is 4.79 Å². The second-order valence-electron chi connectivity index (χ2n) is 8.97. The number of piperazine rings is 1. The van der Waals surface area contributed by atoms with E-state index in [0.717, 1.165) is 53.3 Å². The van der Waals surface area contributed by atoms with Gasteiger partial charge in [-0.3, -0.25) is 14.7 Å². The second-order valence-corrected chi connectivity index (χ2v) is 10.4. The number of likely N-dealkylation sites (N-methyl/N-ethyl adjacent to an activating group) is 1. The molecule has 0 spiro atoms. The molecule has 2 fully saturated rings. The Morgan fingerprint density at radius 3 is 2.66 bits per heavy atom. The predicted molar refractivity (Wildman–Crippen MR) is 130 cm³/mol. The SMILES string of the molecule is Cc1cn2nc(/C(=C/C=O)PC3C=CC(N4CCN(C5CC5)CC4)=CN3C)cc2c(C)n1. The third kappa shape index (κ3) is 4.37. The van der Waals surface area contributed by atoms with E-state index in [1.165, 1.54) is 31.6 Å². The number of aldehydes is 1. The Kier molecular flexibility index (Phi) is 5.87. The number of hydrogen-bond donors (Lipinski definition) is 0. The number of nitrogens with zero attached hydrogens (tertiary/aromatic N) is 6. The zero-order valence-corrected chi connectivity index (χ0v) is 20.0. The Balaban J connectivity index is 1.29. The lowest BCUT2D eigenvalue weighted by Gasteiger charge is -2.39. The van der Waals surface area contributed by atoms with E-state index < -0.39 is 0 Å². The maximum atomic E-state index is 11.4. The minimum atomic E-state index is 0.212. The highest BCUT2D eigenvalue weighted by Crippen LogP contribution is 2.40. The molecule has 2 aromatic rings. The maximum Gasteiger partial charge on any atom is 0.143 e. The summed E-state index contributed by atoms with van der Waals surface area (Å²) in [5.41, 5.74) is 4.99. The third-order valence-corrected chi connectivity index (χ3v) is 8.17. The van der Waals surface area contributed by atoms with Crippen LogP contribution in [0, 0.1) is 13.8 Å². The van der Waals surface area contributed by atoms with Crippen molar-refractivity contribution in [3.63, 3.8) is 0 Å². The van der Waals surface area contributed by atoms with Crippen molar-refractivity contribution in [2.24, 2.45) is 0 Å². The molecule has 0 aromatic carbocycles. The summed E-state index contributed by atoms with van der Waals surface area (Å²) in [5, 5.41) is 5.71. The molecule has 0 radical (unpaired) electrons. The molecule has 1 saturated carbocycles. The van der Waals surface area contributed by atoms with E-state index in [1.807, 2.05) is 30.6 Å². The van der Waals surface area contributed by atoms with Crippen LogP contribution in [0.3, 0.4) is 0 Å². The Bertz CT molecular complexity index is 1110. The standard InChI is InChI=1S/C24H31N6OP/c1-17-15-30-22(18(2)25-17)14-21(26-30)23(8-13-31)32-24-7-6-20(16-27(24)3)29-11-9-28(10-12-29)19-4-5-19/h6-8,13-16,19,24,32H,4-5,9-12H2,1-3H3/b23-8-. The molecule has 1 aliphatic carbocycles. The summed E-state index contributed by atoms with van der Waals surface area (Å²) in [7, 11) is 2.54. The first-order valence-corrected chi connectivity index (χ1v) is 12.5. The largest absolute Gasteiger partial charge is 0.368 e. The molecule has 2 unspecified atom stereocenters. The fraction of sp³-hybridized carbons (Fsp3) is 0.458. The molecule has 5 rings (SSSR count). The zero-order chi connectivity index (χ0) is 22.2. The van der Waals surface area contributed by atoms with Crippen LogP contribution in [0.15, 0.2) is 42.4 Å². The first-order chi connectivity index (χ1) is 15.5. The molecule has 32 heavy (non-hydrogen) atoms. The van der Waals surface area contributed by atoms with Crippen molar-refractivity contribution < 1.29 is 4.79 Å². The molecule has 2 aliphatic heterocycles. The number of allylic oxidation sites excluding steroid dienone is 2. The van der Waals surface area contributed by atoms with Crippen molar-refractivity contribution in [2.75, 3.05) is 33.2 Å².